The van der Waals surface area contributed by atoms with Gasteiger partial charge in [-0.3, -0.25) is 0 Å². The van der Waals surface area contributed by atoms with E-state index in [1.807, 2.05) is 6.92 Å². The highest BCUT2D eigenvalue weighted by molar-refractivity contribution is 5.85. The van der Waals surface area contributed by atoms with Crippen molar-refractivity contribution in [2.24, 2.45) is 11.1 Å². The minimum absolute atomic E-state index is 0. The largest absolute Gasteiger partial charge is 0.496 e. The smallest absolute Gasteiger partial charge is 0.122 e. The summed E-state index contributed by atoms with van der Waals surface area (Å²) in [6, 6.07) is 6.69. The number of hydrogen-bond donors (Lipinski definition) is 1. The zero-order valence-corrected chi connectivity index (χ0v) is 15.4. The van der Waals surface area contributed by atoms with Crippen LogP contribution in [-0.4, -0.2) is 13.2 Å². The first kappa shape index (κ1) is 20.3. The van der Waals surface area contributed by atoms with Crippen molar-refractivity contribution in [2.45, 2.75) is 65.8 Å². The number of ether oxygens (including phenoxy) is 1. The van der Waals surface area contributed by atoms with Gasteiger partial charge in [0.1, 0.15) is 5.75 Å². The van der Waals surface area contributed by atoms with E-state index in [-0.39, 0.29) is 23.9 Å². The van der Waals surface area contributed by atoms with Crippen LogP contribution in [0.25, 0.3) is 0 Å². The molecule has 1 aromatic carbocycles. The van der Waals surface area contributed by atoms with Crippen LogP contribution in [0.4, 0.5) is 0 Å². The predicted molar refractivity (Wildman–Crippen MR) is 94.7 cm³/mol. The Morgan fingerprint density at radius 2 is 1.71 bits per heavy atom. The summed E-state index contributed by atoms with van der Waals surface area (Å²) in [7, 11) is 1.72. The lowest BCUT2D eigenvalue weighted by atomic mass is 9.72. The van der Waals surface area contributed by atoms with Crippen LogP contribution in [0.1, 0.15) is 59.1 Å². The maximum atomic E-state index is 5.95. The molecule has 0 amide bonds. The van der Waals surface area contributed by atoms with Crippen LogP contribution in [0.2, 0.25) is 0 Å². The van der Waals surface area contributed by atoms with Gasteiger partial charge in [-0.1, -0.05) is 46.8 Å². The van der Waals surface area contributed by atoms with E-state index < -0.39 is 0 Å². The molecule has 1 aromatic rings. The fourth-order valence-corrected chi connectivity index (χ4v) is 3.13. The molecule has 0 radical (unpaired) electrons. The molecule has 0 saturated carbocycles. The highest BCUT2D eigenvalue weighted by Crippen LogP contribution is 2.37. The molecule has 0 aliphatic rings. The van der Waals surface area contributed by atoms with Gasteiger partial charge in [-0.25, -0.2) is 0 Å². The van der Waals surface area contributed by atoms with Crippen molar-refractivity contribution in [3.63, 3.8) is 0 Å². The molecule has 0 heterocycles. The molecule has 21 heavy (non-hydrogen) atoms. The highest BCUT2D eigenvalue weighted by atomic mass is 35.5. The molecule has 0 aliphatic heterocycles. The lowest BCUT2D eigenvalue weighted by Crippen LogP contribution is -2.25. The SMILES string of the molecule is COc1ccc(C(C)(C)CC(C)(C)C)cc1CC(C)N.Cl. The van der Waals surface area contributed by atoms with Gasteiger partial charge in [0.05, 0.1) is 7.11 Å². The lowest BCUT2D eigenvalue weighted by molar-refractivity contribution is 0.283. The summed E-state index contributed by atoms with van der Waals surface area (Å²) in [5.41, 5.74) is 8.99. The first-order valence-electron chi connectivity index (χ1n) is 7.48. The number of hydrogen-bond acceptors (Lipinski definition) is 2. The second kappa shape index (κ2) is 7.51. The van der Waals surface area contributed by atoms with E-state index in [0.29, 0.717) is 5.41 Å². The molecule has 0 saturated heterocycles. The van der Waals surface area contributed by atoms with E-state index in [0.717, 1.165) is 18.6 Å². The van der Waals surface area contributed by atoms with E-state index in [1.165, 1.54) is 11.1 Å². The summed E-state index contributed by atoms with van der Waals surface area (Å²) in [4.78, 5) is 0. The topological polar surface area (TPSA) is 35.2 Å². The van der Waals surface area contributed by atoms with Crippen LogP contribution in [0.3, 0.4) is 0 Å². The van der Waals surface area contributed by atoms with Crippen LogP contribution in [0.15, 0.2) is 18.2 Å². The van der Waals surface area contributed by atoms with Crippen LogP contribution in [0.5, 0.6) is 5.75 Å². The van der Waals surface area contributed by atoms with Gasteiger partial charge >= 0.3 is 0 Å². The molecule has 1 rings (SSSR count). The van der Waals surface area contributed by atoms with Gasteiger partial charge in [0.25, 0.3) is 0 Å². The molecular formula is C18H32ClNO. The van der Waals surface area contributed by atoms with E-state index in [1.54, 1.807) is 7.11 Å². The second-order valence-electron chi connectivity index (χ2n) is 7.83. The Morgan fingerprint density at radius 1 is 1.14 bits per heavy atom. The fraction of sp³-hybridized carbons (Fsp3) is 0.667. The van der Waals surface area contributed by atoms with Gasteiger partial charge in [0.15, 0.2) is 0 Å². The molecule has 3 heteroatoms. The Balaban J connectivity index is 0.00000400. The monoisotopic (exact) mass is 313 g/mol. The van der Waals surface area contributed by atoms with Gasteiger partial charge in [0.2, 0.25) is 0 Å². The van der Waals surface area contributed by atoms with Crippen molar-refractivity contribution in [2.75, 3.05) is 7.11 Å². The Hall–Kier alpha value is -0.730. The van der Waals surface area contributed by atoms with Crippen molar-refractivity contribution in [3.05, 3.63) is 29.3 Å². The molecular weight excluding hydrogens is 282 g/mol. The average molecular weight is 314 g/mol. The molecule has 2 nitrogen and oxygen atoms in total. The number of nitrogens with two attached hydrogens (primary N) is 1. The van der Waals surface area contributed by atoms with Crippen LogP contribution >= 0.6 is 12.4 Å². The standard InChI is InChI=1S/C18H31NO.ClH/c1-13(19)10-14-11-15(8-9-16(14)20-7)18(5,6)12-17(2,3)4;/h8-9,11,13H,10,12,19H2,1-7H3;1H. The summed E-state index contributed by atoms with van der Waals surface area (Å²) < 4.78 is 5.46. The summed E-state index contributed by atoms with van der Waals surface area (Å²) in [5.74, 6) is 0.942. The van der Waals surface area contributed by atoms with E-state index >= 15 is 0 Å². The van der Waals surface area contributed by atoms with Crippen molar-refractivity contribution >= 4 is 12.4 Å². The zero-order valence-electron chi connectivity index (χ0n) is 14.6. The summed E-state index contributed by atoms with van der Waals surface area (Å²) in [6.07, 6.45) is 1.99. The van der Waals surface area contributed by atoms with Crippen LogP contribution in [-0.2, 0) is 11.8 Å². The van der Waals surface area contributed by atoms with Crippen molar-refractivity contribution in [1.29, 1.82) is 0 Å². The quantitative estimate of drug-likeness (QED) is 0.853. The third kappa shape index (κ3) is 6.27. The summed E-state index contributed by atoms with van der Waals surface area (Å²) >= 11 is 0. The lowest BCUT2D eigenvalue weighted by Gasteiger charge is -2.33. The van der Waals surface area contributed by atoms with E-state index in [2.05, 4.69) is 52.8 Å². The van der Waals surface area contributed by atoms with Crippen LogP contribution < -0.4 is 10.5 Å². The van der Waals surface area contributed by atoms with Crippen LogP contribution in [0, 0.1) is 5.41 Å². The number of halogens is 1. The average Bonchev–Trinajstić information content (AvgIpc) is 2.24. The third-order valence-electron chi connectivity index (χ3n) is 3.58. The molecule has 122 valence electrons. The van der Waals surface area contributed by atoms with E-state index in [9.17, 15) is 0 Å². The van der Waals surface area contributed by atoms with Gasteiger partial charge in [-0.15, -0.1) is 12.4 Å². The normalized spacial score (nSPS) is 13.5. The molecule has 0 aliphatic carbocycles. The fourth-order valence-electron chi connectivity index (χ4n) is 3.13. The molecule has 2 N–H and O–H groups in total. The molecule has 0 aromatic heterocycles. The van der Waals surface area contributed by atoms with Gasteiger partial charge in [-0.05, 0) is 47.8 Å². The first-order chi connectivity index (χ1) is 9.05. The Kier molecular flexibility index (Phi) is 7.25. The van der Waals surface area contributed by atoms with Gasteiger partial charge in [0, 0.05) is 6.04 Å². The minimum atomic E-state index is 0. The maximum absolute atomic E-state index is 5.95. The molecule has 0 bridgehead atoms. The molecule has 0 spiro atoms. The zero-order chi connectivity index (χ0) is 15.6. The molecule has 1 unspecified atom stereocenters. The summed E-state index contributed by atoms with van der Waals surface area (Å²) in [5, 5.41) is 0. The minimum Gasteiger partial charge on any atom is -0.496 e. The number of rotatable bonds is 5. The van der Waals surface area contributed by atoms with Crippen molar-refractivity contribution < 1.29 is 4.74 Å². The van der Waals surface area contributed by atoms with Gasteiger partial charge in [-0.2, -0.15) is 0 Å². The molecule has 0 fully saturated rings. The second-order valence-corrected chi connectivity index (χ2v) is 7.83. The third-order valence-corrected chi connectivity index (χ3v) is 3.58. The molecule has 1 atom stereocenters. The van der Waals surface area contributed by atoms with Crippen molar-refractivity contribution in [3.8, 4) is 5.75 Å². The van der Waals surface area contributed by atoms with Gasteiger partial charge < -0.3 is 10.5 Å². The first-order valence-corrected chi connectivity index (χ1v) is 7.48. The predicted octanol–water partition coefficient (Wildman–Crippen LogP) is 4.72. The number of benzene rings is 1. The Morgan fingerprint density at radius 3 is 2.14 bits per heavy atom. The highest BCUT2D eigenvalue weighted by Gasteiger charge is 2.27. The maximum Gasteiger partial charge on any atom is 0.122 e. The number of methoxy groups -OCH3 is 1. The Bertz CT molecular complexity index is 447. The Labute approximate surface area is 136 Å². The summed E-state index contributed by atoms with van der Waals surface area (Å²) in [6.45, 7) is 13.5. The van der Waals surface area contributed by atoms with E-state index in [4.69, 9.17) is 10.5 Å². The van der Waals surface area contributed by atoms with Crippen molar-refractivity contribution in [1.82, 2.24) is 0 Å².